The SMILES string of the molecule is CCOc1ccc(C=NNC(=O)c2cc3ccccc3cc2O)cc1. The highest BCUT2D eigenvalue weighted by Gasteiger charge is 2.11. The van der Waals surface area contributed by atoms with Crippen LogP contribution >= 0.6 is 0 Å². The van der Waals surface area contributed by atoms with Gasteiger partial charge in [0, 0.05) is 0 Å². The van der Waals surface area contributed by atoms with Gasteiger partial charge in [0.2, 0.25) is 0 Å². The number of hydrogen-bond acceptors (Lipinski definition) is 4. The number of fused-ring (bicyclic) bond motifs is 1. The quantitative estimate of drug-likeness (QED) is 0.552. The minimum Gasteiger partial charge on any atom is -0.507 e. The summed E-state index contributed by atoms with van der Waals surface area (Å²) in [5.41, 5.74) is 3.44. The number of benzene rings is 3. The molecule has 0 radical (unpaired) electrons. The van der Waals surface area contributed by atoms with E-state index in [9.17, 15) is 9.90 Å². The predicted octanol–water partition coefficient (Wildman–Crippen LogP) is 3.71. The minimum absolute atomic E-state index is 0.0764. The molecule has 0 spiro atoms. The third-order valence-corrected chi connectivity index (χ3v) is 3.68. The smallest absolute Gasteiger partial charge is 0.275 e. The molecule has 0 aliphatic heterocycles. The third kappa shape index (κ3) is 3.95. The normalized spacial score (nSPS) is 10.9. The lowest BCUT2D eigenvalue weighted by atomic mass is 10.1. The Morgan fingerprint density at radius 1 is 1.12 bits per heavy atom. The molecular formula is C20H18N2O3. The van der Waals surface area contributed by atoms with E-state index in [-0.39, 0.29) is 11.3 Å². The molecule has 0 aromatic heterocycles. The fraction of sp³-hybridized carbons (Fsp3) is 0.100. The Morgan fingerprint density at radius 2 is 1.80 bits per heavy atom. The van der Waals surface area contributed by atoms with Crippen molar-refractivity contribution in [2.45, 2.75) is 6.92 Å². The van der Waals surface area contributed by atoms with Crippen molar-refractivity contribution in [2.24, 2.45) is 5.10 Å². The number of hydrogen-bond donors (Lipinski definition) is 2. The zero-order chi connectivity index (χ0) is 17.6. The van der Waals surface area contributed by atoms with E-state index < -0.39 is 5.91 Å². The summed E-state index contributed by atoms with van der Waals surface area (Å²) < 4.78 is 5.37. The van der Waals surface area contributed by atoms with E-state index in [2.05, 4.69) is 10.5 Å². The van der Waals surface area contributed by atoms with Crippen LogP contribution < -0.4 is 10.2 Å². The molecule has 5 heteroatoms. The van der Waals surface area contributed by atoms with Crippen LogP contribution in [0.2, 0.25) is 0 Å². The average molecular weight is 334 g/mol. The van der Waals surface area contributed by atoms with Crippen molar-refractivity contribution < 1.29 is 14.6 Å². The number of nitrogens with zero attached hydrogens (tertiary/aromatic N) is 1. The molecule has 3 aromatic carbocycles. The van der Waals surface area contributed by atoms with Crippen LogP contribution in [0.5, 0.6) is 11.5 Å². The molecule has 3 rings (SSSR count). The molecule has 0 saturated heterocycles. The highest BCUT2D eigenvalue weighted by Crippen LogP contribution is 2.24. The zero-order valence-corrected chi connectivity index (χ0v) is 13.8. The van der Waals surface area contributed by atoms with Crippen LogP contribution in [0.1, 0.15) is 22.8 Å². The number of rotatable bonds is 5. The molecule has 126 valence electrons. The second-order valence-electron chi connectivity index (χ2n) is 5.42. The van der Waals surface area contributed by atoms with Crippen LogP contribution in [0.4, 0.5) is 0 Å². The second kappa shape index (κ2) is 7.49. The van der Waals surface area contributed by atoms with E-state index in [0.29, 0.717) is 6.61 Å². The van der Waals surface area contributed by atoms with Gasteiger partial charge >= 0.3 is 0 Å². The number of aromatic hydroxyl groups is 1. The summed E-state index contributed by atoms with van der Waals surface area (Å²) >= 11 is 0. The van der Waals surface area contributed by atoms with E-state index in [0.717, 1.165) is 22.1 Å². The Balaban J connectivity index is 1.70. The number of ether oxygens (including phenoxy) is 1. The molecule has 2 N–H and O–H groups in total. The topological polar surface area (TPSA) is 70.9 Å². The van der Waals surface area contributed by atoms with Crippen molar-refractivity contribution >= 4 is 22.9 Å². The van der Waals surface area contributed by atoms with E-state index in [4.69, 9.17) is 4.74 Å². The molecule has 25 heavy (non-hydrogen) atoms. The lowest BCUT2D eigenvalue weighted by molar-refractivity contribution is 0.0952. The van der Waals surface area contributed by atoms with Crippen LogP contribution in [-0.4, -0.2) is 23.8 Å². The van der Waals surface area contributed by atoms with Crippen molar-refractivity contribution in [3.05, 3.63) is 71.8 Å². The molecule has 3 aromatic rings. The van der Waals surface area contributed by atoms with Gasteiger partial charge in [-0.3, -0.25) is 4.79 Å². The highest BCUT2D eigenvalue weighted by atomic mass is 16.5. The van der Waals surface area contributed by atoms with Crippen molar-refractivity contribution in [3.63, 3.8) is 0 Å². The molecular weight excluding hydrogens is 316 g/mol. The van der Waals surface area contributed by atoms with Crippen LogP contribution in [0, 0.1) is 0 Å². The van der Waals surface area contributed by atoms with E-state index in [1.165, 1.54) is 6.21 Å². The highest BCUT2D eigenvalue weighted by molar-refractivity contribution is 6.01. The molecule has 0 unspecified atom stereocenters. The van der Waals surface area contributed by atoms with E-state index >= 15 is 0 Å². The van der Waals surface area contributed by atoms with Gasteiger partial charge in [0.05, 0.1) is 18.4 Å². The maximum Gasteiger partial charge on any atom is 0.275 e. The number of nitrogens with one attached hydrogen (secondary N) is 1. The summed E-state index contributed by atoms with van der Waals surface area (Å²) in [6.07, 6.45) is 1.53. The van der Waals surface area contributed by atoms with Gasteiger partial charge in [0.1, 0.15) is 11.5 Å². The molecule has 0 aliphatic rings. The zero-order valence-electron chi connectivity index (χ0n) is 13.8. The Bertz CT molecular complexity index is 918. The predicted molar refractivity (Wildman–Crippen MR) is 98.3 cm³/mol. The molecule has 1 amide bonds. The molecule has 0 heterocycles. The summed E-state index contributed by atoms with van der Waals surface area (Å²) in [7, 11) is 0. The lowest BCUT2D eigenvalue weighted by Gasteiger charge is -2.06. The van der Waals surface area contributed by atoms with Crippen LogP contribution in [-0.2, 0) is 0 Å². The van der Waals surface area contributed by atoms with Gasteiger partial charge in [-0.25, -0.2) is 5.43 Å². The molecule has 0 bridgehead atoms. The largest absolute Gasteiger partial charge is 0.507 e. The maximum atomic E-state index is 12.2. The number of phenolic OH excluding ortho intramolecular Hbond substituents is 1. The van der Waals surface area contributed by atoms with Gasteiger partial charge in [-0.2, -0.15) is 5.10 Å². The van der Waals surface area contributed by atoms with Crippen LogP contribution in [0.25, 0.3) is 10.8 Å². The van der Waals surface area contributed by atoms with Crippen molar-refractivity contribution in [2.75, 3.05) is 6.61 Å². The lowest BCUT2D eigenvalue weighted by Crippen LogP contribution is -2.17. The first-order valence-corrected chi connectivity index (χ1v) is 7.95. The number of carbonyl (C=O) groups is 1. The first-order valence-electron chi connectivity index (χ1n) is 7.95. The Hall–Kier alpha value is -3.34. The summed E-state index contributed by atoms with van der Waals surface area (Å²) in [6, 6.07) is 18.1. The van der Waals surface area contributed by atoms with Gasteiger partial charge in [0.25, 0.3) is 5.91 Å². The maximum absolute atomic E-state index is 12.2. The van der Waals surface area contributed by atoms with Crippen LogP contribution in [0.15, 0.2) is 65.8 Å². The van der Waals surface area contributed by atoms with Gasteiger partial charge in [0.15, 0.2) is 0 Å². The number of amides is 1. The Labute approximate surface area is 145 Å². The van der Waals surface area contributed by atoms with Gasteiger partial charge < -0.3 is 9.84 Å². The van der Waals surface area contributed by atoms with Gasteiger partial charge in [-0.1, -0.05) is 24.3 Å². The summed E-state index contributed by atoms with van der Waals surface area (Å²) in [6.45, 7) is 2.53. The third-order valence-electron chi connectivity index (χ3n) is 3.68. The summed E-state index contributed by atoms with van der Waals surface area (Å²) in [5, 5.41) is 15.7. The molecule has 5 nitrogen and oxygen atoms in total. The monoisotopic (exact) mass is 334 g/mol. The fourth-order valence-corrected chi connectivity index (χ4v) is 2.45. The number of hydrazone groups is 1. The fourth-order valence-electron chi connectivity index (χ4n) is 2.45. The molecule has 0 atom stereocenters. The Morgan fingerprint density at radius 3 is 2.48 bits per heavy atom. The van der Waals surface area contributed by atoms with Crippen LogP contribution in [0.3, 0.4) is 0 Å². The Kier molecular flexibility index (Phi) is 4.95. The first-order chi connectivity index (χ1) is 12.2. The standard InChI is InChI=1S/C20H18N2O3/c1-2-25-17-9-7-14(8-10-17)13-21-22-20(24)18-11-15-5-3-4-6-16(15)12-19(18)23/h3-13,23H,2H2,1H3,(H,22,24). The first kappa shape index (κ1) is 16.5. The summed E-state index contributed by atoms with van der Waals surface area (Å²) in [4.78, 5) is 12.2. The van der Waals surface area contributed by atoms with Crippen molar-refractivity contribution in [3.8, 4) is 11.5 Å². The molecule has 0 saturated carbocycles. The summed E-state index contributed by atoms with van der Waals surface area (Å²) in [5.74, 6) is 0.239. The average Bonchev–Trinajstić information content (AvgIpc) is 2.62. The van der Waals surface area contributed by atoms with Crippen molar-refractivity contribution in [1.82, 2.24) is 5.43 Å². The minimum atomic E-state index is -0.467. The number of phenols is 1. The van der Waals surface area contributed by atoms with Gasteiger partial charge in [-0.15, -0.1) is 0 Å². The van der Waals surface area contributed by atoms with Gasteiger partial charge in [-0.05, 0) is 59.7 Å². The molecule has 0 fully saturated rings. The molecule has 0 aliphatic carbocycles. The second-order valence-corrected chi connectivity index (χ2v) is 5.42. The van der Waals surface area contributed by atoms with E-state index in [1.54, 1.807) is 12.1 Å². The van der Waals surface area contributed by atoms with E-state index in [1.807, 2.05) is 55.5 Å². The van der Waals surface area contributed by atoms with Crippen molar-refractivity contribution in [1.29, 1.82) is 0 Å². The number of carbonyl (C=O) groups excluding carboxylic acids is 1.